The van der Waals surface area contributed by atoms with E-state index in [2.05, 4.69) is 4.98 Å². The summed E-state index contributed by atoms with van der Waals surface area (Å²) < 4.78 is 41.4. The number of carbonyl (C=O) groups excluding carboxylic acids is 1. The van der Waals surface area contributed by atoms with E-state index in [9.17, 15) is 18.0 Å². The van der Waals surface area contributed by atoms with E-state index in [-0.39, 0.29) is 6.54 Å². The highest BCUT2D eigenvalue weighted by Gasteiger charge is 2.38. The maximum Gasteiger partial charge on any atom is 0.471 e. The molecular weight excluding hydrogens is 293 g/mol. The number of benzene rings is 1. The van der Waals surface area contributed by atoms with Crippen molar-refractivity contribution in [3.63, 3.8) is 0 Å². The normalized spacial score (nSPS) is 11.2. The Kier molecular flexibility index (Phi) is 4.23. The van der Waals surface area contributed by atoms with E-state index in [0.717, 1.165) is 0 Å². The second-order valence-electron chi connectivity index (χ2n) is 3.72. The van der Waals surface area contributed by atoms with E-state index in [0.29, 0.717) is 16.5 Å². The number of nitrogens with one attached hydrogen (secondary N) is 1. The Hall–Kier alpha value is -2.09. The fourth-order valence-corrected chi connectivity index (χ4v) is 1.82. The van der Waals surface area contributed by atoms with E-state index in [1.807, 2.05) is 0 Å². The summed E-state index contributed by atoms with van der Waals surface area (Å²) >= 11 is 1.32. The average molecular weight is 302 g/mol. The standard InChI is InChI=1S/C12H9F3N2O2S/c13-12(14,15)10(18)17-7-8-1-3-9(4-2-8)19-11-16-5-6-20-11/h1-6H,7H2,(H,17,18). The number of hydrogen-bond donors (Lipinski definition) is 1. The van der Waals surface area contributed by atoms with Gasteiger partial charge in [0.05, 0.1) is 0 Å². The van der Waals surface area contributed by atoms with Crippen molar-refractivity contribution in [1.29, 1.82) is 0 Å². The van der Waals surface area contributed by atoms with E-state index in [1.54, 1.807) is 41.2 Å². The molecule has 0 aliphatic carbocycles. The molecular formula is C12H9F3N2O2S. The molecule has 1 aromatic carbocycles. The van der Waals surface area contributed by atoms with Crippen LogP contribution in [-0.2, 0) is 11.3 Å². The van der Waals surface area contributed by atoms with Gasteiger partial charge in [-0.15, -0.1) is 0 Å². The van der Waals surface area contributed by atoms with Gasteiger partial charge in [0.25, 0.3) is 5.19 Å². The lowest BCUT2D eigenvalue weighted by Crippen LogP contribution is -2.36. The van der Waals surface area contributed by atoms with Gasteiger partial charge in [-0.1, -0.05) is 23.5 Å². The van der Waals surface area contributed by atoms with Crippen LogP contribution in [0.2, 0.25) is 0 Å². The van der Waals surface area contributed by atoms with Gasteiger partial charge in [0.1, 0.15) is 5.75 Å². The highest BCUT2D eigenvalue weighted by atomic mass is 32.1. The maximum atomic E-state index is 12.0. The van der Waals surface area contributed by atoms with Crippen LogP contribution in [0.3, 0.4) is 0 Å². The minimum absolute atomic E-state index is 0.199. The van der Waals surface area contributed by atoms with Crippen LogP contribution in [0, 0.1) is 0 Å². The Labute approximate surface area is 116 Å². The molecule has 0 saturated carbocycles. The summed E-state index contributed by atoms with van der Waals surface area (Å²) in [6.07, 6.45) is -3.27. The van der Waals surface area contributed by atoms with Crippen molar-refractivity contribution < 1.29 is 22.7 Å². The highest BCUT2D eigenvalue weighted by Crippen LogP contribution is 2.23. The number of hydrogen-bond acceptors (Lipinski definition) is 4. The summed E-state index contributed by atoms with van der Waals surface area (Å²) in [5, 5.41) is 4.02. The zero-order valence-electron chi connectivity index (χ0n) is 9.98. The molecule has 0 aliphatic heterocycles. The van der Waals surface area contributed by atoms with Crippen LogP contribution < -0.4 is 10.1 Å². The Bertz CT molecular complexity index is 567. The summed E-state index contributed by atoms with van der Waals surface area (Å²) in [4.78, 5) is 14.6. The second-order valence-corrected chi connectivity index (χ2v) is 4.58. The number of thiazole rings is 1. The van der Waals surface area contributed by atoms with Crippen molar-refractivity contribution in [2.24, 2.45) is 0 Å². The number of alkyl halides is 3. The van der Waals surface area contributed by atoms with Crippen molar-refractivity contribution in [3.05, 3.63) is 41.4 Å². The third-order valence-electron chi connectivity index (χ3n) is 2.25. The fourth-order valence-electron chi connectivity index (χ4n) is 1.32. The average Bonchev–Trinajstić information content (AvgIpc) is 2.89. The van der Waals surface area contributed by atoms with Gasteiger partial charge in [-0.25, -0.2) is 4.98 Å². The number of nitrogens with zero attached hydrogens (tertiary/aromatic N) is 1. The molecule has 2 aromatic rings. The minimum Gasteiger partial charge on any atom is -0.431 e. The smallest absolute Gasteiger partial charge is 0.431 e. The van der Waals surface area contributed by atoms with Gasteiger partial charge in [0.2, 0.25) is 0 Å². The minimum atomic E-state index is -4.87. The first-order chi connectivity index (χ1) is 9.45. The van der Waals surface area contributed by atoms with Gasteiger partial charge < -0.3 is 10.1 Å². The lowest BCUT2D eigenvalue weighted by Gasteiger charge is -2.08. The lowest BCUT2D eigenvalue weighted by molar-refractivity contribution is -0.173. The Balaban J connectivity index is 1.90. The monoisotopic (exact) mass is 302 g/mol. The molecule has 20 heavy (non-hydrogen) atoms. The van der Waals surface area contributed by atoms with Crippen molar-refractivity contribution in [2.75, 3.05) is 0 Å². The number of halogens is 3. The van der Waals surface area contributed by atoms with Gasteiger partial charge in [-0.05, 0) is 17.7 Å². The van der Waals surface area contributed by atoms with Crippen molar-refractivity contribution in [3.8, 4) is 10.9 Å². The van der Waals surface area contributed by atoms with Gasteiger partial charge in [0, 0.05) is 18.1 Å². The summed E-state index contributed by atoms with van der Waals surface area (Å²) in [6, 6.07) is 6.33. The molecule has 0 atom stereocenters. The Morgan fingerprint density at radius 2 is 2.00 bits per heavy atom. The molecule has 1 amide bonds. The van der Waals surface area contributed by atoms with Crippen LogP contribution in [0.4, 0.5) is 13.2 Å². The zero-order valence-corrected chi connectivity index (χ0v) is 10.8. The maximum absolute atomic E-state index is 12.0. The van der Waals surface area contributed by atoms with Crippen LogP contribution in [0.5, 0.6) is 10.9 Å². The molecule has 1 aromatic heterocycles. The number of aromatic nitrogens is 1. The van der Waals surface area contributed by atoms with E-state index >= 15 is 0 Å². The molecule has 0 spiro atoms. The lowest BCUT2D eigenvalue weighted by atomic mass is 10.2. The van der Waals surface area contributed by atoms with Gasteiger partial charge in [-0.3, -0.25) is 4.79 Å². The van der Waals surface area contributed by atoms with Crippen LogP contribution >= 0.6 is 11.3 Å². The number of ether oxygens (including phenoxy) is 1. The van der Waals surface area contributed by atoms with Crippen molar-refractivity contribution >= 4 is 17.2 Å². The molecule has 0 fully saturated rings. The zero-order chi connectivity index (χ0) is 14.6. The number of rotatable bonds is 4. The summed E-state index contributed by atoms with van der Waals surface area (Å²) in [7, 11) is 0. The van der Waals surface area contributed by atoms with E-state index in [4.69, 9.17) is 4.74 Å². The molecule has 0 unspecified atom stereocenters. The predicted molar refractivity (Wildman–Crippen MR) is 66.5 cm³/mol. The molecule has 0 saturated heterocycles. The molecule has 0 aliphatic rings. The first-order valence-corrected chi connectivity index (χ1v) is 6.34. The van der Waals surface area contributed by atoms with E-state index < -0.39 is 12.1 Å². The topological polar surface area (TPSA) is 51.2 Å². The van der Waals surface area contributed by atoms with Crippen LogP contribution in [-0.4, -0.2) is 17.1 Å². The third-order valence-corrected chi connectivity index (χ3v) is 2.90. The van der Waals surface area contributed by atoms with Crippen molar-refractivity contribution in [1.82, 2.24) is 10.3 Å². The molecule has 106 valence electrons. The van der Waals surface area contributed by atoms with Crippen molar-refractivity contribution in [2.45, 2.75) is 12.7 Å². The van der Waals surface area contributed by atoms with E-state index in [1.165, 1.54) is 11.3 Å². The van der Waals surface area contributed by atoms with Crippen LogP contribution in [0.1, 0.15) is 5.56 Å². The Morgan fingerprint density at radius 1 is 1.30 bits per heavy atom. The first-order valence-electron chi connectivity index (χ1n) is 5.46. The molecule has 1 heterocycles. The van der Waals surface area contributed by atoms with Gasteiger partial charge >= 0.3 is 12.1 Å². The molecule has 0 radical (unpaired) electrons. The molecule has 4 nitrogen and oxygen atoms in total. The number of amides is 1. The molecule has 8 heteroatoms. The fraction of sp³-hybridized carbons (Fsp3) is 0.167. The largest absolute Gasteiger partial charge is 0.471 e. The first kappa shape index (κ1) is 14.3. The van der Waals surface area contributed by atoms with Gasteiger partial charge in [0.15, 0.2) is 0 Å². The third kappa shape index (κ3) is 3.95. The molecule has 2 rings (SSSR count). The summed E-state index contributed by atoms with van der Waals surface area (Å²) in [6.45, 7) is -0.199. The predicted octanol–water partition coefficient (Wildman–Crippen LogP) is 3.11. The Morgan fingerprint density at radius 3 is 2.55 bits per heavy atom. The van der Waals surface area contributed by atoms with Gasteiger partial charge in [-0.2, -0.15) is 13.2 Å². The highest BCUT2D eigenvalue weighted by molar-refractivity contribution is 7.11. The second kappa shape index (κ2) is 5.91. The molecule has 0 bridgehead atoms. The summed E-state index contributed by atoms with van der Waals surface area (Å²) in [5.41, 5.74) is 0.536. The quantitative estimate of drug-likeness (QED) is 0.944. The molecule has 1 N–H and O–H groups in total. The van der Waals surface area contributed by atoms with Crippen LogP contribution in [0.25, 0.3) is 0 Å². The number of carbonyl (C=O) groups is 1. The summed E-state index contributed by atoms with van der Waals surface area (Å²) in [5.74, 6) is -1.44. The SMILES string of the molecule is O=C(NCc1ccc(Oc2nccs2)cc1)C(F)(F)F. The van der Waals surface area contributed by atoms with Crippen LogP contribution in [0.15, 0.2) is 35.8 Å².